The van der Waals surface area contributed by atoms with Gasteiger partial charge in [-0.25, -0.2) is 4.98 Å². The Morgan fingerprint density at radius 1 is 1.21 bits per heavy atom. The molecule has 158 valence electrons. The molecule has 0 fully saturated rings. The van der Waals surface area contributed by atoms with Crippen molar-refractivity contribution in [3.63, 3.8) is 0 Å². The van der Waals surface area contributed by atoms with Gasteiger partial charge in [-0.2, -0.15) is 13.2 Å². The topological polar surface area (TPSA) is 42.4 Å². The molecule has 0 aliphatic heterocycles. The van der Waals surface area contributed by atoms with E-state index >= 15 is 0 Å². The molecule has 0 N–H and O–H groups in total. The van der Waals surface area contributed by atoms with Gasteiger partial charge in [-0.1, -0.05) is 37.6 Å². The predicted octanol–water partition coefficient (Wildman–Crippen LogP) is 5.99. The van der Waals surface area contributed by atoms with E-state index in [0.717, 1.165) is 12.5 Å². The summed E-state index contributed by atoms with van der Waals surface area (Å²) in [5, 5.41) is -0.0727. The van der Waals surface area contributed by atoms with Crippen molar-refractivity contribution in [1.82, 2.24) is 4.98 Å². The predicted molar refractivity (Wildman–Crippen MR) is 107 cm³/mol. The van der Waals surface area contributed by atoms with Crippen LogP contribution in [0.15, 0.2) is 36.5 Å². The Kier molecular flexibility index (Phi) is 7.52. The third kappa shape index (κ3) is 5.41. The summed E-state index contributed by atoms with van der Waals surface area (Å²) in [4.78, 5) is 18.5. The lowest BCUT2D eigenvalue weighted by molar-refractivity contribution is -0.146. The number of halogens is 4. The van der Waals surface area contributed by atoms with Crippen molar-refractivity contribution in [2.45, 2.75) is 45.8 Å². The molecule has 1 aromatic heterocycles. The average Bonchev–Trinajstić information content (AvgIpc) is 2.70. The smallest absolute Gasteiger partial charge is 0.395 e. The molecule has 0 saturated heterocycles. The second kappa shape index (κ2) is 9.48. The number of anilines is 1. The molecule has 8 heteroatoms. The lowest BCUT2D eigenvalue weighted by Crippen LogP contribution is -2.37. The lowest BCUT2D eigenvalue weighted by atomic mass is 9.99. The van der Waals surface area contributed by atoms with E-state index in [1.165, 1.54) is 24.3 Å². The van der Waals surface area contributed by atoms with Gasteiger partial charge in [0.1, 0.15) is 11.6 Å². The molecule has 1 aromatic carbocycles. The second-order valence-electron chi connectivity index (χ2n) is 6.88. The van der Waals surface area contributed by atoms with Crippen LogP contribution < -0.4 is 9.64 Å². The number of hydrogen-bond donors (Lipinski definition) is 0. The molecule has 29 heavy (non-hydrogen) atoms. The second-order valence-corrected chi connectivity index (χ2v) is 7.28. The van der Waals surface area contributed by atoms with Crippen LogP contribution in [-0.2, 0) is 11.3 Å². The number of benzene rings is 1. The summed E-state index contributed by atoms with van der Waals surface area (Å²) >= 11 is 6.14. The summed E-state index contributed by atoms with van der Waals surface area (Å²) < 4.78 is 45.6. The minimum Gasteiger partial charge on any atom is -0.497 e. The molecule has 0 spiro atoms. The van der Waals surface area contributed by atoms with Crippen LogP contribution in [0.25, 0.3) is 0 Å². The molecule has 2 aromatic rings. The molecule has 0 aliphatic rings. The summed E-state index contributed by atoms with van der Waals surface area (Å²) in [6.45, 7) is 4.67. The molecule has 0 aliphatic carbocycles. The van der Waals surface area contributed by atoms with Gasteiger partial charge < -0.3 is 4.74 Å². The largest absolute Gasteiger partial charge is 0.497 e. The molecule has 1 amide bonds. The first-order valence-electron chi connectivity index (χ1n) is 9.25. The first-order chi connectivity index (χ1) is 13.6. The number of carbonyl (C=O) groups is 1. The van der Waals surface area contributed by atoms with Gasteiger partial charge in [-0.05, 0) is 37.1 Å². The van der Waals surface area contributed by atoms with Crippen molar-refractivity contribution in [1.29, 1.82) is 0 Å². The molecule has 2 atom stereocenters. The molecule has 2 unspecified atom stereocenters. The molecule has 0 saturated carbocycles. The van der Waals surface area contributed by atoms with E-state index in [9.17, 15) is 18.0 Å². The highest BCUT2D eigenvalue weighted by Gasteiger charge is 2.41. The number of carbonyl (C=O) groups excluding carboxylic acids is 1. The average molecular weight is 429 g/mol. The fourth-order valence-electron chi connectivity index (χ4n) is 2.83. The first-order valence-corrected chi connectivity index (χ1v) is 9.63. The van der Waals surface area contributed by atoms with E-state index in [4.69, 9.17) is 16.3 Å². The van der Waals surface area contributed by atoms with Crippen LogP contribution in [0.4, 0.5) is 19.0 Å². The van der Waals surface area contributed by atoms with Crippen molar-refractivity contribution < 1.29 is 22.7 Å². The maximum atomic E-state index is 13.5. The maximum absolute atomic E-state index is 13.5. The quantitative estimate of drug-likeness (QED) is 0.544. The van der Waals surface area contributed by atoms with Gasteiger partial charge in [0.2, 0.25) is 5.91 Å². The summed E-state index contributed by atoms with van der Waals surface area (Å²) in [5.41, 5.74) is 0.529. The van der Waals surface area contributed by atoms with Crippen molar-refractivity contribution in [3.05, 3.63) is 52.7 Å². The standard InChI is InChI=1S/C21H24ClF3N2O2/c1-5-13(2)20(28)27(12-15-6-8-16(29-4)9-7-15)19-18(14(3)21(23,24)25)17(22)10-11-26-19/h6-11,13-14H,5,12H2,1-4H3. The Balaban J connectivity index is 2.56. The number of methoxy groups -OCH3 is 1. The van der Waals surface area contributed by atoms with Gasteiger partial charge in [0, 0.05) is 22.7 Å². The number of hydrogen-bond acceptors (Lipinski definition) is 3. The van der Waals surface area contributed by atoms with Crippen LogP contribution in [0.1, 0.15) is 44.2 Å². The number of nitrogens with zero attached hydrogens (tertiary/aromatic N) is 2. The fourth-order valence-corrected chi connectivity index (χ4v) is 3.13. The molecule has 1 heterocycles. The van der Waals surface area contributed by atoms with Gasteiger partial charge in [0.05, 0.1) is 19.6 Å². The van der Waals surface area contributed by atoms with Gasteiger partial charge in [0.25, 0.3) is 0 Å². The van der Waals surface area contributed by atoms with Crippen LogP contribution in [0.5, 0.6) is 5.75 Å². The number of amides is 1. The van der Waals surface area contributed by atoms with E-state index in [2.05, 4.69) is 4.98 Å². The zero-order valence-electron chi connectivity index (χ0n) is 16.8. The van der Waals surface area contributed by atoms with Crippen LogP contribution >= 0.6 is 11.6 Å². The van der Waals surface area contributed by atoms with Crippen molar-refractivity contribution in [2.24, 2.45) is 5.92 Å². The Hall–Kier alpha value is -2.28. The lowest BCUT2D eigenvalue weighted by Gasteiger charge is -2.29. The number of pyridine rings is 1. The summed E-state index contributed by atoms with van der Waals surface area (Å²) in [6.07, 6.45) is -2.66. The Labute approximate surface area is 173 Å². The van der Waals surface area contributed by atoms with E-state index in [-0.39, 0.29) is 34.8 Å². The summed E-state index contributed by atoms with van der Waals surface area (Å²) in [6, 6.07) is 8.28. The number of aromatic nitrogens is 1. The third-order valence-electron chi connectivity index (χ3n) is 4.90. The SMILES string of the molecule is CCC(C)C(=O)N(Cc1ccc(OC)cc1)c1nccc(Cl)c1C(C)C(F)(F)F. The number of rotatable bonds is 7. The van der Waals surface area contributed by atoms with Crippen molar-refractivity contribution in [3.8, 4) is 5.75 Å². The highest BCUT2D eigenvalue weighted by molar-refractivity contribution is 6.31. The maximum Gasteiger partial charge on any atom is 0.395 e. The molecule has 0 bridgehead atoms. The highest BCUT2D eigenvalue weighted by Crippen LogP contribution is 2.42. The van der Waals surface area contributed by atoms with Crippen LogP contribution in [-0.4, -0.2) is 24.2 Å². The normalized spacial score (nSPS) is 13.7. The zero-order valence-corrected chi connectivity index (χ0v) is 17.5. The number of ether oxygens (including phenoxy) is 1. The zero-order chi connectivity index (χ0) is 21.8. The summed E-state index contributed by atoms with van der Waals surface area (Å²) in [7, 11) is 1.54. The van der Waals surface area contributed by atoms with E-state index in [1.807, 2.05) is 6.92 Å². The monoisotopic (exact) mass is 428 g/mol. The van der Waals surface area contributed by atoms with Gasteiger partial charge in [-0.15, -0.1) is 0 Å². The van der Waals surface area contributed by atoms with Crippen LogP contribution in [0.3, 0.4) is 0 Å². The van der Waals surface area contributed by atoms with E-state index in [1.54, 1.807) is 31.2 Å². The Morgan fingerprint density at radius 2 is 1.83 bits per heavy atom. The van der Waals surface area contributed by atoms with Crippen molar-refractivity contribution in [2.75, 3.05) is 12.0 Å². The van der Waals surface area contributed by atoms with E-state index in [0.29, 0.717) is 12.2 Å². The summed E-state index contributed by atoms with van der Waals surface area (Å²) in [5.74, 6) is -2.00. The number of alkyl halides is 3. The molecule has 2 rings (SSSR count). The van der Waals surface area contributed by atoms with E-state index < -0.39 is 12.1 Å². The third-order valence-corrected chi connectivity index (χ3v) is 5.22. The molecule has 0 radical (unpaired) electrons. The van der Waals surface area contributed by atoms with Crippen LogP contribution in [0.2, 0.25) is 5.02 Å². The molecular weight excluding hydrogens is 405 g/mol. The van der Waals surface area contributed by atoms with Gasteiger partial charge >= 0.3 is 6.18 Å². The first kappa shape index (κ1) is 23.0. The highest BCUT2D eigenvalue weighted by atomic mass is 35.5. The minimum absolute atomic E-state index is 0.0663. The Morgan fingerprint density at radius 3 is 2.34 bits per heavy atom. The fraction of sp³-hybridized carbons (Fsp3) is 0.429. The van der Waals surface area contributed by atoms with Gasteiger partial charge in [-0.3, -0.25) is 9.69 Å². The van der Waals surface area contributed by atoms with Crippen LogP contribution in [0, 0.1) is 5.92 Å². The Bertz CT molecular complexity index is 841. The van der Waals surface area contributed by atoms with Crippen molar-refractivity contribution >= 4 is 23.3 Å². The molecular formula is C21H24ClF3N2O2. The minimum atomic E-state index is -4.52. The van der Waals surface area contributed by atoms with Gasteiger partial charge in [0.15, 0.2) is 0 Å². The molecule has 4 nitrogen and oxygen atoms in total.